The minimum absolute atomic E-state index is 0.327. The van der Waals surface area contributed by atoms with Gasteiger partial charge in [-0.05, 0) is 48.0 Å². The lowest BCUT2D eigenvalue weighted by atomic mass is 9.72. The van der Waals surface area contributed by atoms with Crippen LogP contribution in [0.1, 0.15) is 67.7 Å². The number of nitrogens with one attached hydrogen (secondary N) is 4. The molecule has 0 radical (unpaired) electrons. The van der Waals surface area contributed by atoms with E-state index in [1.807, 2.05) is 0 Å². The van der Waals surface area contributed by atoms with Crippen molar-refractivity contribution in [2.24, 2.45) is 22.2 Å². The van der Waals surface area contributed by atoms with Crippen LogP contribution in [0, 0.1) is 22.2 Å². The van der Waals surface area contributed by atoms with Crippen molar-refractivity contribution in [3.63, 3.8) is 0 Å². The van der Waals surface area contributed by atoms with E-state index in [9.17, 15) is 0 Å². The summed E-state index contributed by atoms with van der Waals surface area (Å²) in [6.07, 6.45) is 3.74. The highest BCUT2D eigenvalue weighted by molar-refractivity contribution is 4.85. The first-order valence-electron chi connectivity index (χ1n) is 10.9. The number of hydrogen-bond donors (Lipinski definition) is 4. The normalized spacial score (nSPS) is 33.1. The molecule has 0 spiro atoms. The van der Waals surface area contributed by atoms with Gasteiger partial charge in [-0.3, -0.25) is 0 Å². The molecule has 0 aromatic carbocycles. The van der Waals surface area contributed by atoms with Gasteiger partial charge in [-0.15, -0.1) is 0 Å². The standard InChI is InChI=1S/C22H48N4/c1-8-22(7)15-21(5,6)17-25-10-9-23-14-19(2)13-20(3,4)16-24-11-12-26-18-22/h19,23-26H,8-18H2,1-7H3. The Morgan fingerprint density at radius 2 is 1.23 bits per heavy atom. The average Bonchev–Trinajstić information content (AvgIpc) is 2.52. The molecule has 1 heterocycles. The maximum atomic E-state index is 3.71. The van der Waals surface area contributed by atoms with Crippen LogP contribution in [0.3, 0.4) is 0 Å². The third-order valence-electron chi connectivity index (χ3n) is 5.87. The first-order chi connectivity index (χ1) is 12.1. The highest BCUT2D eigenvalue weighted by atomic mass is 15.0. The van der Waals surface area contributed by atoms with Crippen LogP contribution in [-0.4, -0.2) is 52.4 Å². The van der Waals surface area contributed by atoms with Crippen LogP contribution in [0.2, 0.25) is 0 Å². The summed E-state index contributed by atoms with van der Waals surface area (Å²) in [7, 11) is 0. The third-order valence-corrected chi connectivity index (χ3v) is 5.87. The van der Waals surface area contributed by atoms with Crippen LogP contribution in [-0.2, 0) is 0 Å². The Labute approximate surface area is 164 Å². The van der Waals surface area contributed by atoms with Gasteiger partial charge in [0.1, 0.15) is 0 Å². The van der Waals surface area contributed by atoms with E-state index in [1.165, 1.54) is 19.3 Å². The van der Waals surface area contributed by atoms with E-state index in [-0.39, 0.29) is 0 Å². The summed E-state index contributed by atoms with van der Waals surface area (Å²) in [5, 5.41) is 14.7. The fraction of sp³-hybridized carbons (Fsp3) is 1.00. The van der Waals surface area contributed by atoms with Crippen molar-refractivity contribution in [2.45, 2.75) is 67.7 Å². The SMILES string of the molecule is CCC1(C)CNCCNCC(C)(C)CC(C)CNCCNCC(C)(C)C1. The minimum Gasteiger partial charge on any atom is -0.315 e. The van der Waals surface area contributed by atoms with Crippen molar-refractivity contribution in [2.75, 3.05) is 52.4 Å². The van der Waals surface area contributed by atoms with Crippen molar-refractivity contribution >= 4 is 0 Å². The second-order valence-electron chi connectivity index (χ2n) is 10.7. The van der Waals surface area contributed by atoms with Gasteiger partial charge < -0.3 is 21.3 Å². The summed E-state index contributed by atoms with van der Waals surface area (Å²) in [6, 6.07) is 0. The molecule has 1 fully saturated rings. The highest BCUT2D eigenvalue weighted by Gasteiger charge is 2.30. The number of rotatable bonds is 1. The first kappa shape index (κ1) is 23.9. The Morgan fingerprint density at radius 3 is 1.81 bits per heavy atom. The molecule has 0 aromatic heterocycles. The van der Waals surface area contributed by atoms with Gasteiger partial charge in [0, 0.05) is 45.8 Å². The molecule has 0 aliphatic carbocycles. The summed E-state index contributed by atoms with van der Waals surface area (Å²) in [5.41, 5.74) is 1.05. The summed E-state index contributed by atoms with van der Waals surface area (Å²) in [5.74, 6) is 0.713. The third kappa shape index (κ3) is 10.2. The zero-order chi connectivity index (χ0) is 19.7. The van der Waals surface area contributed by atoms with Crippen LogP contribution in [0.25, 0.3) is 0 Å². The molecule has 2 unspecified atom stereocenters. The van der Waals surface area contributed by atoms with E-state index < -0.39 is 0 Å². The maximum absolute atomic E-state index is 3.71. The largest absolute Gasteiger partial charge is 0.315 e. The Bertz CT molecular complexity index is 380. The molecule has 0 bridgehead atoms. The molecule has 4 heteroatoms. The lowest BCUT2D eigenvalue weighted by molar-refractivity contribution is 0.161. The zero-order valence-corrected chi connectivity index (χ0v) is 18.9. The quantitative estimate of drug-likeness (QED) is 0.574. The van der Waals surface area contributed by atoms with Gasteiger partial charge in [-0.2, -0.15) is 0 Å². The van der Waals surface area contributed by atoms with Crippen LogP contribution in [0.15, 0.2) is 0 Å². The summed E-state index contributed by atoms with van der Waals surface area (Å²) < 4.78 is 0. The van der Waals surface area contributed by atoms with Gasteiger partial charge in [0.25, 0.3) is 0 Å². The molecule has 0 aromatic rings. The fourth-order valence-electron chi connectivity index (χ4n) is 4.56. The van der Waals surface area contributed by atoms with Gasteiger partial charge in [0.15, 0.2) is 0 Å². The predicted octanol–water partition coefficient (Wildman–Crippen LogP) is 3.24. The molecule has 2 atom stereocenters. The average molecular weight is 369 g/mol. The van der Waals surface area contributed by atoms with Crippen molar-refractivity contribution in [1.29, 1.82) is 0 Å². The molecule has 0 saturated carbocycles. The molecule has 1 saturated heterocycles. The molecular formula is C22H48N4. The van der Waals surface area contributed by atoms with E-state index in [0.29, 0.717) is 22.2 Å². The van der Waals surface area contributed by atoms with E-state index in [4.69, 9.17) is 0 Å². The van der Waals surface area contributed by atoms with Gasteiger partial charge in [-0.1, -0.05) is 48.5 Å². The predicted molar refractivity (Wildman–Crippen MR) is 116 cm³/mol. The van der Waals surface area contributed by atoms with Crippen LogP contribution in [0.5, 0.6) is 0 Å². The van der Waals surface area contributed by atoms with Crippen molar-refractivity contribution in [1.82, 2.24) is 21.3 Å². The van der Waals surface area contributed by atoms with Crippen LogP contribution in [0.4, 0.5) is 0 Å². The Balaban J connectivity index is 2.62. The smallest absolute Gasteiger partial charge is 0.00769 e. The van der Waals surface area contributed by atoms with E-state index in [0.717, 1.165) is 52.4 Å². The molecule has 4 N–H and O–H groups in total. The lowest BCUT2D eigenvalue weighted by Crippen LogP contribution is -2.43. The van der Waals surface area contributed by atoms with E-state index >= 15 is 0 Å². The molecular weight excluding hydrogens is 320 g/mol. The summed E-state index contributed by atoms with van der Waals surface area (Å²) >= 11 is 0. The zero-order valence-electron chi connectivity index (χ0n) is 18.9. The maximum Gasteiger partial charge on any atom is 0.00769 e. The van der Waals surface area contributed by atoms with E-state index in [1.54, 1.807) is 0 Å². The van der Waals surface area contributed by atoms with Crippen molar-refractivity contribution in [3.8, 4) is 0 Å². The van der Waals surface area contributed by atoms with Crippen LogP contribution < -0.4 is 21.3 Å². The van der Waals surface area contributed by atoms with Gasteiger partial charge in [0.2, 0.25) is 0 Å². The molecule has 1 aliphatic heterocycles. The Kier molecular flexibility index (Phi) is 10.1. The Hall–Kier alpha value is -0.160. The van der Waals surface area contributed by atoms with Crippen molar-refractivity contribution < 1.29 is 0 Å². The summed E-state index contributed by atoms with van der Waals surface area (Å²) in [6.45, 7) is 25.4. The monoisotopic (exact) mass is 368 g/mol. The second kappa shape index (κ2) is 11.0. The minimum atomic E-state index is 0.327. The van der Waals surface area contributed by atoms with Crippen molar-refractivity contribution in [3.05, 3.63) is 0 Å². The second-order valence-corrected chi connectivity index (χ2v) is 10.7. The molecule has 156 valence electrons. The Morgan fingerprint density at radius 1 is 0.731 bits per heavy atom. The van der Waals surface area contributed by atoms with Gasteiger partial charge in [0.05, 0.1) is 0 Å². The molecule has 0 amide bonds. The fourth-order valence-corrected chi connectivity index (χ4v) is 4.56. The number of hydrogen-bond acceptors (Lipinski definition) is 4. The summed E-state index contributed by atoms with van der Waals surface area (Å²) in [4.78, 5) is 0. The highest BCUT2D eigenvalue weighted by Crippen LogP contribution is 2.35. The van der Waals surface area contributed by atoms with Crippen LogP contribution >= 0.6 is 0 Å². The first-order valence-corrected chi connectivity index (χ1v) is 10.9. The molecule has 4 nitrogen and oxygen atoms in total. The molecule has 26 heavy (non-hydrogen) atoms. The topological polar surface area (TPSA) is 48.1 Å². The van der Waals surface area contributed by atoms with Gasteiger partial charge >= 0.3 is 0 Å². The molecule has 1 rings (SSSR count). The van der Waals surface area contributed by atoms with Gasteiger partial charge in [-0.25, -0.2) is 0 Å². The lowest BCUT2D eigenvalue weighted by Gasteiger charge is -2.38. The molecule has 1 aliphatic rings. The van der Waals surface area contributed by atoms with E-state index in [2.05, 4.69) is 69.7 Å².